The molecule has 2 N–H and O–H groups in total. The first-order chi connectivity index (χ1) is 5.86. The number of aliphatic carboxylic acids is 1. The Kier molecular flexibility index (Phi) is 4.23. The Morgan fingerprint density at radius 1 is 1.31 bits per heavy atom. The maximum atomic E-state index is 10.7. The fourth-order valence-electron chi connectivity index (χ4n) is 1.00. The smallest absolute Gasteiger partial charge is 0.407 e. The monoisotopic (exact) mass is 189 g/mol. The lowest BCUT2D eigenvalue weighted by Crippen LogP contribution is -2.42. The second-order valence-electron chi connectivity index (χ2n) is 3.38. The van der Waals surface area contributed by atoms with Crippen LogP contribution in [0.4, 0.5) is 4.79 Å². The van der Waals surface area contributed by atoms with Crippen LogP contribution in [-0.4, -0.2) is 40.3 Å². The average molecular weight is 189 g/mol. The highest BCUT2D eigenvalue weighted by Crippen LogP contribution is 2.10. The Morgan fingerprint density at radius 2 is 1.77 bits per heavy atom. The summed E-state index contributed by atoms with van der Waals surface area (Å²) in [6.07, 6.45) is -0.883. The van der Waals surface area contributed by atoms with Gasteiger partial charge in [-0.25, -0.2) is 9.59 Å². The van der Waals surface area contributed by atoms with Gasteiger partial charge in [-0.05, 0) is 12.3 Å². The van der Waals surface area contributed by atoms with Crippen molar-refractivity contribution in [3.05, 3.63) is 0 Å². The third kappa shape index (κ3) is 3.78. The fourth-order valence-corrected chi connectivity index (χ4v) is 1.00. The Balaban J connectivity index is 4.42. The Hall–Kier alpha value is -1.26. The number of amides is 1. The molecule has 0 aliphatic carbocycles. The van der Waals surface area contributed by atoms with E-state index in [1.165, 1.54) is 7.05 Å². The van der Waals surface area contributed by atoms with Gasteiger partial charge in [0.05, 0.1) is 0 Å². The van der Waals surface area contributed by atoms with Gasteiger partial charge in [0.15, 0.2) is 0 Å². The maximum absolute atomic E-state index is 10.7. The van der Waals surface area contributed by atoms with Crippen LogP contribution in [0.25, 0.3) is 0 Å². The van der Waals surface area contributed by atoms with E-state index in [0.29, 0.717) is 6.42 Å². The normalized spacial score (nSPS) is 12.6. The van der Waals surface area contributed by atoms with Gasteiger partial charge < -0.3 is 10.2 Å². The molecule has 0 rings (SSSR count). The number of hydrogen-bond acceptors (Lipinski definition) is 2. The van der Waals surface area contributed by atoms with Crippen LogP contribution in [0.1, 0.15) is 20.3 Å². The minimum Gasteiger partial charge on any atom is -0.480 e. The highest BCUT2D eigenvalue weighted by molar-refractivity contribution is 5.79. The molecule has 0 aliphatic rings. The lowest BCUT2D eigenvalue weighted by molar-refractivity contribution is -0.142. The van der Waals surface area contributed by atoms with Gasteiger partial charge in [-0.1, -0.05) is 13.8 Å². The van der Waals surface area contributed by atoms with Crippen LogP contribution < -0.4 is 0 Å². The van der Waals surface area contributed by atoms with Crippen LogP contribution in [0, 0.1) is 5.92 Å². The third-order valence-electron chi connectivity index (χ3n) is 1.75. The molecular weight excluding hydrogens is 174 g/mol. The molecule has 0 bridgehead atoms. The molecule has 0 aromatic heterocycles. The Bertz CT molecular complexity index is 202. The summed E-state index contributed by atoms with van der Waals surface area (Å²) < 4.78 is 0. The molecule has 0 heterocycles. The quantitative estimate of drug-likeness (QED) is 0.694. The summed E-state index contributed by atoms with van der Waals surface area (Å²) in [7, 11) is 1.27. The summed E-state index contributed by atoms with van der Waals surface area (Å²) in [4.78, 5) is 22.0. The fraction of sp³-hybridized carbons (Fsp3) is 0.750. The molecule has 0 aromatic rings. The minimum absolute atomic E-state index is 0.155. The van der Waals surface area contributed by atoms with Crippen LogP contribution in [0.5, 0.6) is 0 Å². The van der Waals surface area contributed by atoms with Gasteiger partial charge in [0, 0.05) is 7.05 Å². The van der Waals surface area contributed by atoms with Crippen LogP contribution in [0.15, 0.2) is 0 Å². The van der Waals surface area contributed by atoms with Crippen LogP contribution in [-0.2, 0) is 4.79 Å². The second kappa shape index (κ2) is 4.69. The maximum Gasteiger partial charge on any atom is 0.407 e. The average Bonchev–Trinajstić information content (AvgIpc) is 1.97. The van der Waals surface area contributed by atoms with Crippen molar-refractivity contribution in [2.45, 2.75) is 26.3 Å². The van der Waals surface area contributed by atoms with Gasteiger partial charge in [0.1, 0.15) is 6.04 Å². The first kappa shape index (κ1) is 11.7. The Morgan fingerprint density at radius 3 is 2.00 bits per heavy atom. The van der Waals surface area contributed by atoms with Gasteiger partial charge in [0.25, 0.3) is 0 Å². The molecule has 0 aromatic carbocycles. The van der Waals surface area contributed by atoms with Crippen molar-refractivity contribution in [1.82, 2.24) is 4.90 Å². The second-order valence-corrected chi connectivity index (χ2v) is 3.38. The van der Waals surface area contributed by atoms with Crippen molar-refractivity contribution in [3.8, 4) is 0 Å². The highest BCUT2D eigenvalue weighted by Gasteiger charge is 2.26. The lowest BCUT2D eigenvalue weighted by atomic mass is 10.0. The SMILES string of the molecule is CC(C)CC(C(=O)O)N(C)C(=O)O. The van der Waals surface area contributed by atoms with Gasteiger partial charge in [0.2, 0.25) is 0 Å². The van der Waals surface area contributed by atoms with Crippen LogP contribution >= 0.6 is 0 Å². The molecular formula is C8H15NO4. The van der Waals surface area contributed by atoms with Gasteiger partial charge >= 0.3 is 12.1 Å². The first-order valence-electron chi connectivity index (χ1n) is 4.04. The number of rotatable bonds is 4. The van der Waals surface area contributed by atoms with E-state index in [0.717, 1.165) is 4.90 Å². The van der Waals surface area contributed by atoms with E-state index in [-0.39, 0.29) is 5.92 Å². The molecule has 0 saturated heterocycles. The van der Waals surface area contributed by atoms with Crippen molar-refractivity contribution in [1.29, 1.82) is 0 Å². The van der Waals surface area contributed by atoms with E-state index in [1.54, 1.807) is 0 Å². The number of hydrogen-bond donors (Lipinski definition) is 2. The largest absolute Gasteiger partial charge is 0.480 e. The van der Waals surface area contributed by atoms with Crippen molar-refractivity contribution in [2.24, 2.45) is 5.92 Å². The molecule has 0 aliphatic heterocycles. The molecule has 1 amide bonds. The number of carboxylic acids is 1. The zero-order chi connectivity index (χ0) is 10.6. The van der Waals surface area contributed by atoms with E-state index in [9.17, 15) is 9.59 Å². The van der Waals surface area contributed by atoms with Crippen molar-refractivity contribution in [2.75, 3.05) is 7.05 Å². The van der Waals surface area contributed by atoms with Crippen LogP contribution in [0.3, 0.4) is 0 Å². The number of likely N-dealkylation sites (N-methyl/N-ethyl adjacent to an activating group) is 1. The van der Waals surface area contributed by atoms with Crippen molar-refractivity contribution >= 4 is 12.1 Å². The standard InChI is InChI=1S/C8H15NO4/c1-5(2)4-6(7(10)11)9(3)8(12)13/h5-6H,4H2,1-3H3,(H,10,11)(H,12,13). The van der Waals surface area contributed by atoms with E-state index < -0.39 is 18.1 Å². The molecule has 0 spiro atoms. The number of nitrogens with zero attached hydrogens (tertiary/aromatic N) is 1. The van der Waals surface area contributed by atoms with Gasteiger partial charge in [-0.3, -0.25) is 4.90 Å². The summed E-state index contributed by atoms with van der Waals surface area (Å²) >= 11 is 0. The molecule has 5 heteroatoms. The molecule has 5 nitrogen and oxygen atoms in total. The summed E-state index contributed by atoms with van der Waals surface area (Å²) in [5.74, 6) is -0.943. The summed E-state index contributed by atoms with van der Waals surface area (Å²) in [6, 6.07) is -0.947. The molecule has 0 fully saturated rings. The molecule has 13 heavy (non-hydrogen) atoms. The summed E-state index contributed by atoms with van der Waals surface area (Å²) in [6.45, 7) is 3.71. The summed E-state index contributed by atoms with van der Waals surface area (Å²) in [5, 5.41) is 17.3. The molecule has 0 saturated carbocycles. The highest BCUT2D eigenvalue weighted by atomic mass is 16.4. The van der Waals surface area contributed by atoms with E-state index in [1.807, 2.05) is 13.8 Å². The zero-order valence-electron chi connectivity index (χ0n) is 8.02. The molecule has 1 atom stereocenters. The predicted molar refractivity (Wildman–Crippen MR) is 46.7 cm³/mol. The first-order valence-corrected chi connectivity index (χ1v) is 4.04. The molecule has 1 unspecified atom stereocenters. The third-order valence-corrected chi connectivity index (χ3v) is 1.75. The topological polar surface area (TPSA) is 77.8 Å². The molecule has 76 valence electrons. The van der Waals surface area contributed by atoms with Gasteiger partial charge in [-0.15, -0.1) is 0 Å². The predicted octanol–water partition coefficient (Wildman–Crippen LogP) is 1.10. The Labute approximate surface area is 77.0 Å². The van der Waals surface area contributed by atoms with E-state index in [2.05, 4.69) is 0 Å². The van der Waals surface area contributed by atoms with E-state index >= 15 is 0 Å². The van der Waals surface area contributed by atoms with Crippen molar-refractivity contribution in [3.63, 3.8) is 0 Å². The molecule has 0 radical (unpaired) electrons. The summed E-state index contributed by atoms with van der Waals surface area (Å²) in [5.41, 5.74) is 0. The zero-order valence-corrected chi connectivity index (χ0v) is 8.02. The van der Waals surface area contributed by atoms with Gasteiger partial charge in [-0.2, -0.15) is 0 Å². The minimum atomic E-state index is -1.21. The van der Waals surface area contributed by atoms with E-state index in [4.69, 9.17) is 10.2 Å². The number of carbonyl (C=O) groups is 2. The lowest BCUT2D eigenvalue weighted by Gasteiger charge is -2.23. The van der Waals surface area contributed by atoms with Crippen molar-refractivity contribution < 1.29 is 19.8 Å². The van der Waals surface area contributed by atoms with Crippen LogP contribution in [0.2, 0.25) is 0 Å². The number of carboxylic acid groups (broad SMARTS) is 2.